The van der Waals surface area contributed by atoms with Gasteiger partial charge in [0.25, 0.3) is 11.5 Å². The molecule has 0 unspecified atom stereocenters. The lowest BCUT2D eigenvalue weighted by molar-refractivity contribution is 0.102. The zero-order chi connectivity index (χ0) is 18.1. The van der Waals surface area contributed by atoms with Crippen LogP contribution in [0.25, 0.3) is 5.82 Å². The highest BCUT2D eigenvalue weighted by molar-refractivity contribution is 6.04. The van der Waals surface area contributed by atoms with Crippen LogP contribution in [0.2, 0.25) is 0 Å². The molecule has 0 bridgehead atoms. The normalized spacial score (nSPS) is 10.7. The molecular formula is C18H19N5O2. The number of nitrogens with zero attached hydrogens (tertiary/aromatic N) is 4. The highest BCUT2D eigenvalue weighted by atomic mass is 16.1. The van der Waals surface area contributed by atoms with Gasteiger partial charge < -0.3 is 9.88 Å². The molecule has 1 N–H and O–H groups in total. The molecule has 3 aromatic rings. The number of hydrogen-bond donors (Lipinski definition) is 1. The molecule has 25 heavy (non-hydrogen) atoms. The summed E-state index contributed by atoms with van der Waals surface area (Å²) in [6, 6.07) is 6.90. The van der Waals surface area contributed by atoms with Crippen molar-refractivity contribution in [3.05, 3.63) is 69.5 Å². The van der Waals surface area contributed by atoms with Gasteiger partial charge in [-0.3, -0.25) is 9.59 Å². The summed E-state index contributed by atoms with van der Waals surface area (Å²) in [6.07, 6.45) is 3.12. The molecule has 0 spiro atoms. The van der Waals surface area contributed by atoms with E-state index >= 15 is 0 Å². The van der Waals surface area contributed by atoms with Crippen LogP contribution in [0.5, 0.6) is 0 Å². The summed E-state index contributed by atoms with van der Waals surface area (Å²) in [4.78, 5) is 28.3. The summed E-state index contributed by atoms with van der Waals surface area (Å²) in [5, 5.41) is 7.18. The average Bonchev–Trinajstić information content (AvgIpc) is 2.91. The van der Waals surface area contributed by atoms with E-state index in [1.807, 2.05) is 19.9 Å². The molecule has 0 radical (unpaired) electrons. The van der Waals surface area contributed by atoms with E-state index in [0.29, 0.717) is 22.6 Å². The van der Waals surface area contributed by atoms with E-state index in [1.54, 1.807) is 37.0 Å². The van der Waals surface area contributed by atoms with Crippen LogP contribution < -0.4 is 10.9 Å². The van der Waals surface area contributed by atoms with E-state index in [1.165, 1.54) is 16.8 Å². The van der Waals surface area contributed by atoms with Crippen LogP contribution in [0.4, 0.5) is 5.69 Å². The van der Waals surface area contributed by atoms with Gasteiger partial charge in [0, 0.05) is 31.2 Å². The van der Waals surface area contributed by atoms with E-state index in [0.717, 1.165) is 11.4 Å². The minimum Gasteiger partial charge on any atom is -0.320 e. The number of nitrogens with one attached hydrogen (secondary N) is 1. The Morgan fingerprint density at radius 2 is 1.92 bits per heavy atom. The fraction of sp³-hybridized carbons (Fsp3) is 0.222. The largest absolute Gasteiger partial charge is 0.320 e. The first-order chi connectivity index (χ1) is 11.8. The lowest BCUT2D eigenvalue weighted by Gasteiger charge is -2.10. The summed E-state index contributed by atoms with van der Waals surface area (Å²) < 4.78 is 3.15. The van der Waals surface area contributed by atoms with Crippen molar-refractivity contribution in [1.82, 2.24) is 19.3 Å². The van der Waals surface area contributed by atoms with E-state index in [2.05, 4.69) is 15.4 Å². The summed E-state index contributed by atoms with van der Waals surface area (Å²) in [7, 11) is 1.64. The number of amides is 1. The molecule has 7 heteroatoms. The molecule has 0 aliphatic rings. The third-order valence-electron chi connectivity index (χ3n) is 3.92. The van der Waals surface area contributed by atoms with Gasteiger partial charge in [-0.25, -0.2) is 9.67 Å². The number of carbonyl (C=O) groups excluding carboxylic acids is 1. The maximum Gasteiger partial charge on any atom is 0.257 e. The molecule has 128 valence electrons. The number of carbonyl (C=O) groups is 1. The van der Waals surface area contributed by atoms with E-state index in [9.17, 15) is 9.59 Å². The van der Waals surface area contributed by atoms with Crippen molar-refractivity contribution in [2.45, 2.75) is 20.8 Å². The van der Waals surface area contributed by atoms with Crippen molar-refractivity contribution >= 4 is 11.6 Å². The Morgan fingerprint density at radius 1 is 1.16 bits per heavy atom. The molecule has 7 nitrogen and oxygen atoms in total. The number of pyridine rings is 2. The molecule has 0 fully saturated rings. The van der Waals surface area contributed by atoms with Crippen LogP contribution in [0, 0.1) is 20.8 Å². The first-order valence-electron chi connectivity index (χ1n) is 7.83. The first-order valence-corrected chi connectivity index (χ1v) is 7.83. The number of hydrogen-bond acceptors (Lipinski definition) is 4. The summed E-state index contributed by atoms with van der Waals surface area (Å²) in [5.74, 6) is 0.370. The van der Waals surface area contributed by atoms with Crippen LogP contribution >= 0.6 is 0 Å². The summed E-state index contributed by atoms with van der Waals surface area (Å²) in [5.41, 5.74) is 3.50. The predicted molar refractivity (Wildman–Crippen MR) is 95.2 cm³/mol. The van der Waals surface area contributed by atoms with Gasteiger partial charge in [-0.1, -0.05) is 0 Å². The van der Waals surface area contributed by atoms with Crippen molar-refractivity contribution in [2.24, 2.45) is 7.05 Å². The molecule has 3 aromatic heterocycles. The van der Waals surface area contributed by atoms with Crippen LogP contribution in [0.3, 0.4) is 0 Å². The van der Waals surface area contributed by atoms with E-state index in [4.69, 9.17) is 0 Å². The molecule has 3 rings (SSSR count). The lowest BCUT2D eigenvalue weighted by Crippen LogP contribution is -2.19. The maximum absolute atomic E-state index is 12.4. The van der Waals surface area contributed by atoms with Gasteiger partial charge >= 0.3 is 0 Å². The van der Waals surface area contributed by atoms with Crippen LogP contribution in [0.15, 0.2) is 41.5 Å². The van der Waals surface area contributed by atoms with Gasteiger partial charge in [-0.2, -0.15) is 5.10 Å². The van der Waals surface area contributed by atoms with E-state index in [-0.39, 0.29) is 11.5 Å². The number of anilines is 1. The third-order valence-corrected chi connectivity index (χ3v) is 3.92. The van der Waals surface area contributed by atoms with Gasteiger partial charge in [-0.15, -0.1) is 0 Å². The molecule has 0 aliphatic carbocycles. The highest BCUT2D eigenvalue weighted by Gasteiger charge is 2.11. The van der Waals surface area contributed by atoms with Gasteiger partial charge in [0.2, 0.25) is 0 Å². The van der Waals surface area contributed by atoms with Crippen molar-refractivity contribution in [3.8, 4) is 5.82 Å². The molecule has 0 aliphatic heterocycles. The monoisotopic (exact) mass is 337 g/mol. The molecular weight excluding hydrogens is 318 g/mol. The zero-order valence-corrected chi connectivity index (χ0v) is 14.6. The van der Waals surface area contributed by atoms with Crippen LogP contribution in [-0.2, 0) is 7.05 Å². The number of aromatic nitrogens is 4. The second-order valence-electron chi connectivity index (χ2n) is 6.02. The highest BCUT2D eigenvalue weighted by Crippen LogP contribution is 2.14. The average molecular weight is 337 g/mol. The quantitative estimate of drug-likeness (QED) is 0.794. The summed E-state index contributed by atoms with van der Waals surface area (Å²) >= 11 is 0. The third kappa shape index (κ3) is 3.35. The Bertz CT molecular complexity index is 999. The number of rotatable bonds is 3. The standard InChI is InChI=1S/C18H19N5O2/c1-11-7-17(24)22(4)10-15(11)20-18(25)14-5-6-16(19-9-14)23-13(3)8-12(2)21-23/h5-10H,1-4H3,(H,20,25). The SMILES string of the molecule is Cc1cc(C)n(-c2ccc(C(=O)Nc3cn(C)c(=O)cc3C)cn2)n1. The van der Waals surface area contributed by atoms with Gasteiger partial charge in [0.05, 0.1) is 16.9 Å². The van der Waals surface area contributed by atoms with Crippen LogP contribution in [0.1, 0.15) is 27.3 Å². The van der Waals surface area contributed by atoms with Crippen molar-refractivity contribution in [3.63, 3.8) is 0 Å². The van der Waals surface area contributed by atoms with Gasteiger partial charge in [-0.05, 0) is 44.5 Å². The van der Waals surface area contributed by atoms with Gasteiger partial charge in [0.1, 0.15) is 0 Å². The summed E-state index contributed by atoms with van der Waals surface area (Å²) in [6.45, 7) is 5.65. The minimum atomic E-state index is -0.283. The Labute approximate surface area is 144 Å². The van der Waals surface area contributed by atoms with Gasteiger partial charge in [0.15, 0.2) is 5.82 Å². The number of aryl methyl sites for hydroxylation is 4. The Morgan fingerprint density at radius 3 is 2.52 bits per heavy atom. The Hall–Kier alpha value is -3.22. The fourth-order valence-corrected chi connectivity index (χ4v) is 2.56. The molecule has 0 saturated heterocycles. The predicted octanol–water partition coefficient (Wildman–Crippen LogP) is 2.14. The molecule has 0 aromatic carbocycles. The Balaban J connectivity index is 1.83. The second-order valence-corrected chi connectivity index (χ2v) is 6.02. The second kappa shape index (κ2) is 6.35. The zero-order valence-electron chi connectivity index (χ0n) is 14.6. The minimum absolute atomic E-state index is 0.119. The molecule has 1 amide bonds. The van der Waals surface area contributed by atoms with E-state index < -0.39 is 0 Å². The molecule has 3 heterocycles. The van der Waals surface area contributed by atoms with Crippen molar-refractivity contribution in [1.29, 1.82) is 0 Å². The fourth-order valence-electron chi connectivity index (χ4n) is 2.56. The Kier molecular flexibility index (Phi) is 4.22. The van der Waals surface area contributed by atoms with Crippen LogP contribution in [-0.4, -0.2) is 25.2 Å². The lowest BCUT2D eigenvalue weighted by atomic mass is 10.2. The topological polar surface area (TPSA) is 81.8 Å². The smallest absolute Gasteiger partial charge is 0.257 e. The molecule has 0 atom stereocenters. The van der Waals surface area contributed by atoms with Crippen molar-refractivity contribution in [2.75, 3.05) is 5.32 Å². The first kappa shape index (κ1) is 16.6. The maximum atomic E-state index is 12.4. The molecule has 0 saturated carbocycles. The van der Waals surface area contributed by atoms with Crippen molar-refractivity contribution < 1.29 is 4.79 Å².